The Morgan fingerprint density at radius 1 is 0.544 bits per heavy atom. The van der Waals surface area contributed by atoms with Crippen LogP contribution in [0.25, 0.3) is 0 Å². The van der Waals surface area contributed by atoms with Crippen molar-refractivity contribution in [2.24, 2.45) is 11.8 Å². The Bertz CT molecular complexity index is 1910. The maximum Gasteiger partial charge on any atom is 0.418 e. The first-order valence-corrected chi connectivity index (χ1v) is 25.4. The SMILES string of the molecule is CC(C)[C@@H]1N(C(=O)/C=C/[Si](C)(C)O[Si](C)(C)/C=C/C(=O)N2C(=O)OC(c3ccccc3)(c3ccccc3)[C@@H]2C(C)C)C(=O)OC1(c1ccccc1)c1ccccc1. The van der Waals surface area contributed by atoms with Crippen LogP contribution in [0.2, 0.25) is 26.2 Å². The lowest BCUT2D eigenvalue weighted by Gasteiger charge is -2.37. The molecule has 9 nitrogen and oxygen atoms in total. The summed E-state index contributed by atoms with van der Waals surface area (Å²) in [6.07, 6.45) is 1.43. The number of rotatable bonds is 12. The zero-order chi connectivity index (χ0) is 41.2. The molecule has 2 fully saturated rings. The van der Waals surface area contributed by atoms with E-state index in [2.05, 4.69) is 0 Å². The largest absolute Gasteiger partial charge is 0.449 e. The molecule has 2 saturated heterocycles. The summed E-state index contributed by atoms with van der Waals surface area (Å²) in [7, 11) is -5.47. The van der Waals surface area contributed by atoms with Gasteiger partial charge < -0.3 is 13.6 Å². The molecule has 4 aromatic carbocycles. The number of hydrogen-bond donors (Lipinski definition) is 0. The second-order valence-electron chi connectivity index (χ2n) is 16.4. The van der Waals surface area contributed by atoms with E-state index >= 15 is 0 Å². The van der Waals surface area contributed by atoms with Gasteiger partial charge in [0, 0.05) is 22.3 Å². The van der Waals surface area contributed by atoms with Crippen molar-refractivity contribution in [3.05, 3.63) is 167 Å². The molecule has 0 bridgehead atoms. The number of carbonyl (C=O) groups is 4. The number of ether oxygens (including phenoxy) is 2. The molecule has 2 aliphatic heterocycles. The molecule has 0 spiro atoms. The van der Waals surface area contributed by atoms with E-state index in [1.807, 2.05) is 175 Å². The molecular formula is C46H52N2O7Si2. The molecule has 0 aliphatic carbocycles. The maximum atomic E-state index is 14.1. The van der Waals surface area contributed by atoms with Gasteiger partial charge in [-0.05, 0) is 50.2 Å². The lowest BCUT2D eigenvalue weighted by Crippen LogP contribution is -2.50. The Balaban J connectivity index is 1.22. The smallest absolute Gasteiger partial charge is 0.418 e. The Morgan fingerprint density at radius 2 is 0.807 bits per heavy atom. The number of cyclic esters (lactones) is 2. The van der Waals surface area contributed by atoms with Gasteiger partial charge >= 0.3 is 12.2 Å². The predicted octanol–water partition coefficient (Wildman–Crippen LogP) is 9.50. The topological polar surface area (TPSA) is 102 Å². The van der Waals surface area contributed by atoms with Crippen LogP contribution in [-0.4, -0.2) is 62.5 Å². The molecule has 4 aromatic rings. The quantitative estimate of drug-likeness (QED) is 0.104. The number of imide groups is 2. The van der Waals surface area contributed by atoms with E-state index in [0.717, 1.165) is 22.3 Å². The number of hydrogen-bond acceptors (Lipinski definition) is 7. The Kier molecular flexibility index (Phi) is 11.8. The van der Waals surface area contributed by atoms with Crippen LogP contribution in [0.3, 0.4) is 0 Å². The average molecular weight is 801 g/mol. The molecule has 296 valence electrons. The van der Waals surface area contributed by atoms with Crippen molar-refractivity contribution in [1.82, 2.24) is 9.80 Å². The van der Waals surface area contributed by atoms with Gasteiger partial charge in [0.25, 0.3) is 11.8 Å². The van der Waals surface area contributed by atoms with E-state index in [1.54, 1.807) is 11.4 Å². The molecule has 0 saturated carbocycles. The predicted molar refractivity (Wildman–Crippen MR) is 226 cm³/mol. The van der Waals surface area contributed by atoms with E-state index in [1.165, 1.54) is 22.0 Å². The summed E-state index contributed by atoms with van der Waals surface area (Å²) >= 11 is 0. The Labute approximate surface area is 338 Å². The first-order chi connectivity index (χ1) is 27.0. The highest BCUT2D eigenvalue weighted by atomic mass is 28.4. The zero-order valence-corrected chi connectivity index (χ0v) is 35.9. The van der Waals surface area contributed by atoms with Crippen molar-refractivity contribution in [3.8, 4) is 0 Å². The number of carbonyl (C=O) groups excluding carboxylic acids is 4. The summed E-state index contributed by atoms with van der Waals surface area (Å²) in [5.74, 6) is -1.29. The fraction of sp³-hybridized carbons (Fsp3) is 0.304. The third-order valence-electron chi connectivity index (χ3n) is 10.6. The van der Waals surface area contributed by atoms with Crippen LogP contribution in [0.15, 0.2) is 145 Å². The van der Waals surface area contributed by atoms with E-state index in [-0.39, 0.29) is 11.8 Å². The van der Waals surface area contributed by atoms with Gasteiger partial charge in [-0.1, -0.05) is 160 Å². The van der Waals surface area contributed by atoms with Crippen molar-refractivity contribution in [1.29, 1.82) is 0 Å². The summed E-state index contributed by atoms with van der Waals surface area (Å²) in [4.78, 5) is 58.1. The van der Waals surface area contributed by atoms with Crippen molar-refractivity contribution in [3.63, 3.8) is 0 Å². The van der Waals surface area contributed by atoms with Gasteiger partial charge in [-0.2, -0.15) is 0 Å². The highest BCUT2D eigenvalue weighted by Crippen LogP contribution is 2.49. The van der Waals surface area contributed by atoms with E-state index in [0.29, 0.717) is 0 Å². The fourth-order valence-corrected chi connectivity index (χ4v) is 15.6. The van der Waals surface area contributed by atoms with Gasteiger partial charge in [-0.25, -0.2) is 19.4 Å². The van der Waals surface area contributed by atoms with Gasteiger partial charge in [0.15, 0.2) is 27.8 Å². The molecule has 0 N–H and O–H groups in total. The van der Waals surface area contributed by atoms with Crippen LogP contribution < -0.4 is 0 Å². The number of amides is 4. The first-order valence-electron chi connectivity index (χ1n) is 19.5. The molecular weight excluding hydrogens is 749 g/mol. The van der Waals surface area contributed by atoms with Crippen LogP contribution in [0.5, 0.6) is 0 Å². The van der Waals surface area contributed by atoms with Crippen LogP contribution in [0.4, 0.5) is 9.59 Å². The third-order valence-corrected chi connectivity index (χ3v) is 16.8. The average Bonchev–Trinajstić information content (AvgIpc) is 3.70. The van der Waals surface area contributed by atoms with Gasteiger partial charge in [-0.15, -0.1) is 0 Å². The fourth-order valence-electron chi connectivity index (χ4n) is 8.52. The highest BCUT2D eigenvalue weighted by molar-refractivity contribution is 6.89. The third kappa shape index (κ3) is 7.96. The number of nitrogens with zero attached hydrogens (tertiary/aromatic N) is 2. The van der Waals surface area contributed by atoms with Gasteiger partial charge in [-0.3, -0.25) is 9.59 Å². The monoisotopic (exact) mass is 800 g/mol. The van der Waals surface area contributed by atoms with Crippen LogP contribution in [0.1, 0.15) is 49.9 Å². The molecule has 0 aromatic heterocycles. The molecule has 0 radical (unpaired) electrons. The van der Waals surface area contributed by atoms with Crippen molar-refractivity contribution in [2.75, 3.05) is 0 Å². The van der Waals surface area contributed by atoms with E-state index in [9.17, 15) is 19.2 Å². The van der Waals surface area contributed by atoms with Gasteiger partial charge in [0.05, 0.1) is 12.1 Å². The second kappa shape index (κ2) is 16.2. The minimum Gasteiger partial charge on any atom is -0.449 e. The minimum atomic E-state index is -2.73. The molecule has 0 unspecified atom stereocenters. The van der Waals surface area contributed by atoms with Crippen LogP contribution in [-0.2, 0) is 34.4 Å². The summed E-state index contributed by atoms with van der Waals surface area (Å²) in [6, 6.07) is 36.9. The first kappa shape index (κ1) is 41.3. The minimum absolute atomic E-state index is 0.154. The Morgan fingerprint density at radius 3 is 1.05 bits per heavy atom. The highest BCUT2D eigenvalue weighted by Gasteiger charge is 2.60. The molecule has 2 aliphatic rings. The molecule has 11 heteroatoms. The molecule has 2 heterocycles. The Hall–Kier alpha value is -5.37. The van der Waals surface area contributed by atoms with Crippen LogP contribution >= 0.6 is 0 Å². The molecule has 57 heavy (non-hydrogen) atoms. The maximum absolute atomic E-state index is 14.1. The summed E-state index contributed by atoms with van der Waals surface area (Å²) in [5.41, 5.74) is 4.26. The lowest BCUT2D eigenvalue weighted by molar-refractivity contribution is -0.126. The normalized spacial score (nSPS) is 19.5. The van der Waals surface area contributed by atoms with Crippen molar-refractivity contribution >= 4 is 40.6 Å². The standard InChI is InChI=1S/C46H52N2O7Si2/c1-33(2)41-45(35-21-13-9-14-22-35,36-23-15-10-16-24-36)53-43(51)47(41)39(49)29-31-56(5,6)55-57(7,8)32-30-40(50)48-42(34(3)4)46(54-44(48)52,37-25-17-11-18-26-37)38-27-19-12-20-28-38/h9-34,41-42H,1-8H3/b31-29+,32-30+/t41-,42-/m0/s1. The molecule has 2 atom stereocenters. The van der Waals surface area contributed by atoms with Gasteiger partial charge in [0.1, 0.15) is 0 Å². The summed E-state index contributed by atoms with van der Waals surface area (Å²) < 4.78 is 19.3. The summed E-state index contributed by atoms with van der Waals surface area (Å²) in [6.45, 7) is 15.8. The van der Waals surface area contributed by atoms with E-state index < -0.39 is 63.9 Å². The van der Waals surface area contributed by atoms with Crippen molar-refractivity contribution < 1.29 is 32.8 Å². The molecule has 4 amide bonds. The summed E-state index contributed by atoms with van der Waals surface area (Å²) in [5, 5.41) is 0. The molecule has 6 rings (SSSR count). The lowest BCUT2D eigenvalue weighted by atomic mass is 9.75. The van der Waals surface area contributed by atoms with E-state index in [4.69, 9.17) is 13.6 Å². The van der Waals surface area contributed by atoms with Crippen LogP contribution in [0, 0.1) is 11.8 Å². The second-order valence-corrected chi connectivity index (χ2v) is 24.3. The number of benzene rings is 4. The zero-order valence-electron chi connectivity index (χ0n) is 33.9. The van der Waals surface area contributed by atoms with Gasteiger partial charge in [0.2, 0.25) is 0 Å². The van der Waals surface area contributed by atoms with Crippen molar-refractivity contribution in [2.45, 2.75) is 77.2 Å².